The molecule has 1 atom stereocenters. The predicted molar refractivity (Wildman–Crippen MR) is 81.1 cm³/mol. The van der Waals surface area contributed by atoms with E-state index in [0.717, 1.165) is 17.7 Å². The summed E-state index contributed by atoms with van der Waals surface area (Å²) in [6, 6.07) is 1.72. The fraction of sp³-hybridized carbons (Fsp3) is 0.600. The van der Waals surface area contributed by atoms with Gasteiger partial charge in [-0.2, -0.15) is 0 Å². The number of carbonyl (C=O) groups is 2. The lowest BCUT2D eigenvalue weighted by Gasteiger charge is -2.33. The van der Waals surface area contributed by atoms with Crippen molar-refractivity contribution >= 4 is 23.4 Å². The zero-order valence-electron chi connectivity index (χ0n) is 12.6. The third-order valence-corrected chi connectivity index (χ3v) is 4.44. The van der Waals surface area contributed by atoms with Crippen molar-refractivity contribution in [1.29, 1.82) is 0 Å². The van der Waals surface area contributed by atoms with Gasteiger partial charge < -0.3 is 14.7 Å². The van der Waals surface area contributed by atoms with Gasteiger partial charge in [0, 0.05) is 29.3 Å². The number of thiophene rings is 1. The molecule has 1 aromatic heterocycles. The molecule has 0 aromatic carbocycles. The minimum absolute atomic E-state index is 0.198. The summed E-state index contributed by atoms with van der Waals surface area (Å²) in [5, 5.41) is 10.6. The Morgan fingerprint density at radius 2 is 2.14 bits per heavy atom. The van der Waals surface area contributed by atoms with Gasteiger partial charge in [0.1, 0.15) is 5.60 Å². The van der Waals surface area contributed by atoms with E-state index in [0.29, 0.717) is 18.7 Å². The van der Waals surface area contributed by atoms with E-state index in [9.17, 15) is 9.59 Å². The van der Waals surface area contributed by atoms with Crippen molar-refractivity contribution in [2.45, 2.75) is 45.1 Å². The highest BCUT2D eigenvalue weighted by Crippen LogP contribution is 2.32. The van der Waals surface area contributed by atoms with Gasteiger partial charge in [-0.25, -0.2) is 9.59 Å². The van der Waals surface area contributed by atoms with Crippen molar-refractivity contribution < 1.29 is 19.4 Å². The Morgan fingerprint density at radius 3 is 2.71 bits per heavy atom. The SMILES string of the molecule is CC(C)(C)OC(=O)N1CCCC(c2cc(C(=O)O)cs2)C1. The maximum Gasteiger partial charge on any atom is 0.410 e. The number of likely N-dealkylation sites (tertiary alicyclic amines) is 1. The molecule has 1 aromatic rings. The molecular weight excluding hydrogens is 290 g/mol. The van der Waals surface area contributed by atoms with Crippen LogP contribution >= 0.6 is 11.3 Å². The molecule has 0 radical (unpaired) electrons. The van der Waals surface area contributed by atoms with E-state index >= 15 is 0 Å². The van der Waals surface area contributed by atoms with Gasteiger partial charge in [0.2, 0.25) is 0 Å². The standard InChI is InChI=1S/C15H21NO4S/c1-15(2,3)20-14(19)16-6-4-5-10(8-16)12-7-11(9-21-12)13(17)18/h7,9-10H,4-6,8H2,1-3H3,(H,17,18). The van der Waals surface area contributed by atoms with Crippen LogP contribution in [0, 0.1) is 0 Å². The summed E-state index contributed by atoms with van der Waals surface area (Å²) in [4.78, 5) is 25.8. The third kappa shape index (κ3) is 4.20. The number of carboxylic acid groups (broad SMARTS) is 1. The van der Waals surface area contributed by atoms with E-state index in [2.05, 4.69) is 0 Å². The van der Waals surface area contributed by atoms with Crippen LogP contribution in [0.25, 0.3) is 0 Å². The second-order valence-electron chi connectivity index (χ2n) is 6.31. The van der Waals surface area contributed by atoms with Crippen LogP contribution in [0.5, 0.6) is 0 Å². The van der Waals surface area contributed by atoms with Crippen molar-refractivity contribution in [1.82, 2.24) is 4.90 Å². The van der Waals surface area contributed by atoms with Crippen molar-refractivity contribution in [3.63, 3.8) is 0 Å². The molecule has 0 saturated carbocycles. The Hall–Kier alpha value is -1.56. The number of ether oxygens (including phenoxy) is 1. The first-order valence-corrected chi connectivity index (χ1v) is 7.94. The Kier molecular flexibility index (Phi) is 4.56. The molecule has 1 saturated heterocycles. The number of aromatic carboxylic acids is 1. The number of carbonyl (C=O) groups excluding carboxylic acids is 1. The molecule has 2 heterocycles. The van der Waals surface area contributed by atoms with Crippen molar-refractivity contribution in [3.8, 4) is 0 Å². The highest BCUT2D eigenvalue weighted by atomic mass is 32.1. The molecule has 0 bridgehead atoms. The summed E-state index contributed by atoms with van der Waals surface area (Å²) < 4.78 is 5.40. The van der Waals surface area contributed by atoms with Crippen molar-refractivity contribution in [2.24, 2.45) is 0 Å². The van der Waals surface area contributed by atoms with E-state index in [1.807, 2.05) is 20.8 Å². The summed E-state index contributed by atoms with van der Waals surface area (Å²) in [5.41, 5.74) is -0.173. The molecular formula is C15H21NO4S. The number of nitrogens with zero attached hydrogens (tertiary/aromatic N) is 1. The molecule has 116 valence electrons. The number of rotatable bonds is 2. The van der Waals surface area contributed by atoms with E-state index in [4.69, 9.17) is 9.84 Å². The summed E-state index contributed by atoms with van der Waals surface area (Å²) in [6.45, 7) is 6.84. The molecule has 0 spiro atoms. The van der Waals surface area contributed by atoms with Crippen LogP contribution in [0.1, 0.15) is 54.8 Å². The lowest BCUT2D eigenvalue weighted by Crippen LogP contribution is -2.42. The van der Waals surface area contributed by atoms with Crippen LogP contribution in [0.3, 0.4) is 0 Å². The van der Waals surface area contributed by atoms with Gasteiger partial charge in [-0.1, -0.05) is 0 Å². The number of piperidine rings is 1. The Bertz CT molecular complexity index is 532. The second-order valence-corrected chi connectivity index (χ2v) is 7.25. The molecule has 1 aliphatic rings. The Balaban J connectivity index is 2.03. The van der Waals surface area contributed by atoms with Crippen LogP contribution in [-0.4, -0.2) is 40.8 Å². The quantitative estimate of drug-likeness (QED) is 0.907. The van der Waals surface area contributed by atoms with Crippen LogP contribution in [-0.2, 0) is 4.74 Å². The summed E-state index contributed by atoms with van der Waals surface area (Å²) in [5.74, 6) is -0.707. The maximum absolute atomic E-state index is 12.1. The fourth-order valence-corrected chi connectivity index (χ4v) is 3.39. The second kappa shape index (κ2) is 6.05. The van der Waals surface area contributed by atoms with E-state index in [-0.39, 0.29) is 12.0 Å². The van der Waals surface area contributed by atoms with Gasteiger partial charge in [-0.05, 0) is 39.7 Å². The van der Waals surface area contributed by atoms with E-state index < -0.39 is 11.6 Å². The smallest absolute Gasteiger partial charge is 0.410 e. The molecule has 1 aliphatic heterocycles. The minimum atomic E-state index is -0.905. The molecule has 1 fully saturated rings. The largest absolute Gasteiger partial charge is 0.478 e. The number of amides is 1. The van der Waals surface area contributed by atoms with Gasteiger partial charge in [-0.15, -0.1) is 11.3 Å². The number of hydrogen-bond donors (Lipinski definition) is 1. The van der Waals surface area contributed by atoms with Crippen LogP contribution in [0.2, 0.25) is 0 Å². The topological polar surface area (TPSA) is 66.8 Å². The van der Waals surface area contributed by atoms with Gasteiger partial charge >= 0.3 is 12.1 Å². The molecule has 0 aliphatic carbocycles. The average Bonchev–Trinajstić information content (AvgIpc) is 2.86. The lowest BCUT2D eigenvalue weighted by atomic mass is 9.96. The van der Waals surface area contributed by atoms with Gasteiger partial charge in [0.05, 0.1) is 5.56 Å². The molecule has 1 amide bonds. The van der Waals surface area contributed by atoms with E-state index in [1.165, 1.54) is 11.3 Å². The maximum atomic E-state index is 12.1. The fourth-order valence-electron chi connectivity index (χ4n) is 2.38. The average molecular weight is 311 g/mol. The number of carboxylic acids is 1. The molecule has 1 unspecified atom stereocenters. The first-order chi connectivity index (χ1) is 9.76. The van der Waals surface area contributed by atoms with Crippen LogP contribution < -0.4 is 0 Å². The normalized spacial score (nSPS) is 19.4. The van der Waals surface area contributed by atoms with Crippen molar-refractivity contribution in [3.05, 3.63) is 21.9 Å². The zero-order chi connectivity index (χ0) is 15.6. The minimum Gasteiger partial charge on any atom is -0.478 e. The van der Waals surface area contributed by atoms with Crippen LogP contribution in [0.4, 0.5) is 4.79 Å². The molecule has 21 heavy (non-hydrogen) atoms. The first kappa shape index (κ1) is 15.8. The van der Waals surface area contributed by atoms with Gasteiger partial charge in [-0.3, -0.25) is 0 Å². The summed E-state index contributed by atoms with van der Waals surface area (Å²) in [7, 11) is 0. The molecule has 1 N–H and O–H groups in total. The van der Waals surface area contributed by atoms with Gasteiger partial charge in [0.15, 0.2) is 0 Å². The molecule has 5 nitrogen and oxygen atoms in total. The summed E-state index contributed by atoms with van der Waals surface area (Å²) >= 11 is 1.45. The first-order valence-electron chi connectivity index (χ1n) is 7.06. The van der Waals surface area contributed by atoms with Crippen LogP contribution in [0.15, 0.2) is 11.4 Å². The third-order valence-electron chi connectivity index (χ3n) is 3.34. The summed E-state index contributed by atoms with van der Waals surface area (Å²) in [6.07, 6.45) is 1.59. The lowest BCUT2D eigenvalue weighted by molar-refractivity contribution is 0.0199. The van der Waals surface area contributed by atoms with E-state index in [1.54, 1.807) is 16.3 Å². The highest BCUT2D eigenvalue weighted by Gasteiger charge is 2.29. The number of hydrogen-bond acceptors (Lipinski definition) is 4. The highest BCUT2D eigenvalue weighted by molar-refractivity contribution is 7.10. The monoisotopic (exact) mass is 311 g/mol. The molecule has 2 rings (SSSR count). The van der Waals surface area contributed by atoms with Crippen molar-refractivity contribution in [2.75, 3.05) is 13.1 Å². The Labute approximate surface area is 128 Å². The Morgan fingerprint density at radius 1 is 1.43 bits per heavy atom. The zero-order valence-corrected chi connectivity index (χ0v) is 13.4. The predicted octanol–water partition coefficient (Wildman–Crippen LogP) is 3.56. The van der Waals surface area contributed by atoms with Gasteiger partial charge in [0.25, 0.3) is 0 Å². The molecule has 6 heteroatoms.